The zero-order chi connectivity index (χ0) is 16.7. The fourth-order valence-corrected chi connectivity index (χ4v) is 4.15. The molecule has 0 radical (unpaired) electrons. The first-order valence-corrected chi connectivity index (χ1v) is 9.14. The van der Waals surface area contributed by atoms with Gasteiger partial charge in [0.05, 0.1) is 11.4 Å². The molecule has 2 heterocycles. The second-order valence-electron chi connectivity index (χ2n) is 5.83. The van der Waals surface area contributed by atoms with Crippen LogP contribution < -0.4 is 5.73 Å². The summed E-state index contributed by atoms with van der Waals surface area (Å²) >= 11 is 8.17. The number of para-hydroxylation sites is 1. The van der Waals surface area contributed by atoms with Crippen molar-refractivity contribution in [2.24, 2.45) is 0 Å². The van der Waals surface area contributed by atoms with Crippen LogP contribution in [0.3, 0.4) is 0 Å². The van der Waals surface area contributed by atoms with Gasteiger partial charge in [0.15, 0.2) is 5.16 Å². The Morgan fingerprint density at radius 3 is 2.71 bits per heavy atom. The van der Waals surface area contributed by atoms with E-state index in [0.29, 0.717) is 22.9 Å². The van der Waals surface area contributed by atoms with Gasteiger partial charge in [0.25, 0.3) is 0 Å². The zero-order valence-electron chi connectivity index (χ0n) is 13.2. The number of halogens is 1. The number of thioether (sulfide) groups is 1. The minimum Gasteiger partial charge on any atom is -0.368 e. The summed E-state index contributed by atoms with van der Waals surface area (Å²) in [6.45, 7) is 1.97. The number of hydrogen-bond donors (Lipinski definition) is 1. The predicted molar refractivity (Wildman–Crippen MR) is 95.6 cm³/mol. The first-order valence-electron chi connectivity index (χ1n) is 7.77. The minimum absolute atomic E-state index is 0.450. The van der Waals surface area contributed by atoms with Crippen molar-refractivity contribution in [1.29, 1.82) is 0 Å². The van der Waals surface area contributed by atoms with E-state index in [0.717, 1.165) is 34.9 Å². The minimum atomic E-state index is 0.450. The molecule has 0 saturated heterocycles. The Hall–Kier alpha value is -1.99. The second-order valence-corrected chi connectivity index (χ2v) is 7.13. The molecule has 3 aromatic rings. The molecule has 1 fully saturated rings. The summed E-state index contributed by atoms with van der Waals surface area (Å²) in [5.74, 6) is 1.17. The number of nitrogens with two attached hydrogens (primary N) is 1. The van der Waals surface area contributed by atoms with Gasteiger partial charge in [-0.05, 0) is 31.9 Å². The van der Waals surface area contributed by atoms with Crippen LogP contribution in [0.1, 0.15) is 30.1 Å². The average Bonchev–Trinajstić information content (AvgIpc) is 3.30. The highest BCUT2D eigenvalue weighted by Gasteiger charge is 2.29. The van der Waals surface area contributed by atoms with E-state index in [4.69, 9.17) is 17.3 Å². The topological polar surface area (TPSA) is 74.6 Å². The first-order chi connectivity index (χ1) is 11.6. The van der Waals surface area contributed by atoms with Crippen LogP contribution in [0.25, 0.3) is 5.69 Å². The summed E-state index contributed by atoms with van der Waals surface area (Å²) < 4.78 is 3.79. The van der Waals surface area contributed by atoms with E-state index >= 15 is 0 Å². The Morgan fingerprint density at radius 1 is 1.25 bits per heavy atom. The fraction of sp³-hybridized carbons (Fsp3) is 0.312. The molecule has 0 bridgehead atoms. The van der Waals surface area contributed by atoms with E-state index in [1.54, 1.807) is 16.4 Å². The highest BCUT2D eigenvalue weighted by atomic mass is 35.5. The summed E-state index contributed by atoms with van der Waals surface area (Å²) in [6.07, 6.45) is 2.28. The summed E-state index contributed by atoms with van der Waals surface area (Å²) in [7, 11) is 0. The molecule has 6 nitrogen and oxygen atoms in total. The van der Waals surface area contributed by atoms with Crippen molar-refractivity contribution < 1.29 is 0 Å². The number of hydrogen-bond acceptors (Lipinski definition) is 5. The van der Waals surface area contributed by atoms with Gasteiger partial charge in [-0.2, -0.15) is 5.10 Å². The van der Waals surface area contributed by atoms with Gasteiger partial charge < -0.3 is 5.73 Å². The molecule has 1 aromatic carbocycles. The third-order valence-electron chi connectivity index (χ3n) is 4.07. The van der Waals surface area contributed by atoms with E-state index in [1.165, 1.54) is 0 Å². The number of aromatic nitrogens is 5. The monoisotopic (exact) mass is 360 g/mol. The van der Waals surface area contributed by atoms with Crippen molar-refractivity contribution >= 4 is 29.3 Å². The van der Waals surface area contributed by atoms with Gasteiger partial charge in [-0.3, -0.25) is 4.57 Å². The molecule has 0 aliphatic heterocycles. The first kappa shape index (κ1) is 15.5. The molecule has 1 aliphatic carbocycles. The van der Waals surface area contributed by atoms with Crippen LogP contribution in [-0.4, -0.2) is 24.5 Å². The van der Waals surface area contributed by atoms with Crippen LogP contribution in [-0.2, 0) is 5.75 Å². The zero-order valence-corrected chi connectivity index (χ0v) is 14.8. The summed E-state index contributed by atoms with van der Waals surface area (Å²) in [5.41, 5.74) is 8.80. The molecule has 0 amide bonds. The van der Waals surface area contributed by atoms with Gasteiger partial charge in [-0.1, -0.05) is 41.6 Å². The lowest BCUT2D eigenvalue weighted by Crippen LogP contribution is -2.02. The SMILES string of the molecule is Cc1nn(-c2ccccc2)c(Cl)c1CSc1nnc(N)n1C1CC1. The molecule has 0 spiro atoms. The number of aryl methyl sites for hydroxylation is 1. The van der Waals surface area contributed by atoms with E-state index in [-0.39, 0.29) is 0 Å². The third-order valence-corrected chi connectivity index (χ3v) is 5.43. The lowest BCUT2D eigenvalue weighted by Gasteiger charge is -2.06. The Labute approximate surface area is 149 Å². The lowest BCUT2D eigenvalue weighted by molar-refractivity contribution is 0.671. The predicted octanol–water partition coefficient (Wildman–Crippen LogP) is 3.64. The molecule has 24 heavy (non-hydrogen) atoms. The molecule has 1 aliphatic rings. The molecule has 2 N–H and O–H groups in total. The molecule has 4 rings (SSSR count). The van der Waals surface area contributed by atoms with Gasteiger partial charge in [0.1, 0.15) is 5.15 Å². The highest BCUT2D eigenvalue weighted by molar-refractivity contribution is 7.98. The van der Waals surface area contributed by atoms with E-state index in [1.807, 2.05) is 41.8 Å². The highest BCUT2D eigenvalue weighted by Crippen LogP contribution is 2.40. The summed E-state index contributed by atoms with van der Waals surface area (Å²) in [6, 6.07) is 10.3. The van der Waals surface area contributed by atoms with Crippen molar-refractivity contribution in [2.75, 3.05) is 5.73 Å². The Balaban J connectivity index is 1.59. The molecule has 1 saturated carbocycles. The number of nitrogens with zero attached hydrogens (tertiary/aromatic N) is 5. The number of anilines is 1. The molecule has 124 valence electrons. The number of rotatable bonds is 5. The molecular formula is C16H17ClN6S. The third kappa shape index (κ3) is 2.78. The number of nitrogen functional groups attached to an aromatic ring is 1. The molecular weight excluding hydrogens is 344 g/mol. The van der Waals surface area contributed by atoms with E-state index in [2.05, 4.69) is 15.3 Å². The molecule has 0 unspecified atom stereocenters. The lowest BCUT2D eigenvalue weighted by atomic mass is 10.3. The Morgan fingerprint density at radius 2 is 2.00 bits per heavy atom. The van der Waals surface area contributed by atoms with Crippen LogP contribution in [0.5, 0.6) is 0 Å². The van der Waals surface area contributed by atoms with Crippen molar-refractivity contribution in [1.82, 2.24) is 24.5 Å². The average molecular weight is 361 g/mol. The number of benzene rings is 1. The maximum atomic E-state index is 6.57. The Bertz CT molecular complexity index is 868. The summed E-state index contributed by atoms with van der Waals surface area (Å²) in [5, 5.41) is 14.3. The largest absolute Gasteiger partial charge is 0.368 e. The van der Waals surface area contributed by atoms with Crippen LogP contribution in [0.2, 0.25) is 5.15 Å². The molecule has 0 atom stereocenters. The maximum absolute atomic E-state index is 6.57. The maximum Gasteiger partial charge on any atom is 0.222 e. The van der Waals surface area contributed by atoms with E-state index < -0.39 is 0 Å². The Kier molecular flexibility index (Phi) is 3.97. The van der Waals surface area contributed by atoms with E-state index in [9.17, 15) is 0 Å². The van der Waals surface area contributed by atoms with Gasteiger partial charge in [0.2, 0.25) is 5.95 Å². The molecule has 8 heteroatoms. The van der Waals surface area contributed by atoms with Gasteiger partial charge >= 0.3 is 0 Å². The van der Waals surface area contributed by atoms with Crippen molar-refractivity contribution in [3.05, 3.63) is 46.7 Å². The van der Waals surface area contributed by atoms with Crippen LogP contribution in [0.4, 0.5) is 5.95 Å². The second kappa shape index (κ2) is 6.14. The molecule has 2 aromatic heterocycles. The van der Waals surface area contributed by atoms with Crippen LogP contribution in [0.15, 0.2) is 35.5 Å². The quantitative estimate of drug-likeness (QED) is 0.703. The standard InChI is InChI=1S/C16H17ClN6S/c1-10-13(14(17)23(21-10)12-5-3-2-4-6-12)9-24-16-20-19-15(18)22(16)11-7-8-11/h2-6,11H,7-9H2,1H3,(H2,18,19). The van der Waals surface area contributed by atoms with Crippen LogP contribution in [0, 0.1) is 6.92 Å². The van der Waals surface area contributed by atoms with Crippen molar-refractivity contribution in [3.8, 4) is 5.69 Å². The van der Waals surface area contributed by atoms with Crippen molar-refractivity contribution in [2.45, 2.75) is 36.7 Å². The van der Waals surface area contributed by atoms with Gasteiger partial charge in [-0.15, -0.1) is 10.2 Å². The summed E-state index contributed by atoms with van der Waals surface area (Å²) in [4.78, 5) is 0. The van der Waals surface area contributed by atoms with Crippen molar-refractivity contribution in [3.63, 3.8) is 0 Å². The van der Waals surface area contributed by atoms with Gasteiger partial charge in [-0.25, -0.2) is 4.68 Å². The fourth-order valence-electron chi connectivity index (χ4n) is 2.64. The smallest absolute Gasteiger partial charge is 0.222 e. The van der Waals surface area contributed by atoms with Crippen LogP contribution >= 0.6 is 23.4 Å². The van der Waals surface area contributed by atoms with Gasteiger partial charge in [0, 0.05) is 17.4 Å². The normalized spacial score (nSPS) is 14.2.